The maximum atomic E-state index is 12.6. The number of hydrogen-bond donors (Lipinski definition) is 2. The van der Waals surface area contributed by atoms with Crippen molar-refractivity contribution in [2.75, 3.05) is 40.0 Å². The van der Waals surface area contributed by atoms with Crippen LogP contribution < -0.4 is 15.4 Å². The van der Waals surface area contributed by atoms with E-state index in [0.29, 0.717) is 25.6 Å². The minimum absolute atomic E-state index is 0.0329. The van der Waals surface area contributed by atoms with E-state index in [0.717, 1.165) is 19.2 Å². The largest absolute Gasteiger partial charge is 0.475 e. The molecule has 1 fully saturated rings. The number of piperidine rings is 1. The number of nitrogens with one attached hydrogen (secondary N) is 2. The molecule has 2 rings (SSSR count). The molecular formula is C16H21ClF3N3O3. The number of aromatic nitrogens is 1. The van der Waals surface area contributed by atoms with Crippen molar-refractivity contribution in [1.82, 2.24) is 15.6 Å². The Bertz CT molecular complexity index is 617. The molecule has 0 saturated carbocycles. The van der Waals surface area contributed by atoms with Gasteiger partial charge in [0.2, 0.25) is 11.8 Å². The van der Waals surface area contributed by atoms with Crippen molar-refractivity contribution in [2.45, 2.75) is 19.0 Å². The molecule has 26 heavy (non-hydrogen) atoms. The molecule has 10 heteroatoms. The molecule has 0 spiro atoms. The van der Waals surface area contributed by atoms with Crippen molar-refractivity contribution in [1.29, 1.82) is 0 Å². The summed E-state index contributed by atoms with van der Waals surface area (Å²) in [6, 6.07) is 0.755. The van der Waals surface area contributed by atoms with E-state index in [1.165, 1.54) is 0 Å². The Labute approximate surface area is 154 Å². The number of pyridine rings is 1. The highest BCUT2D eigenvalue weighted by Gasteiger charge is 2.39. The molecule has 0 aliphatic carbocycles. The van der Waals surface area contributed by atoms with Gasteiger partial charge in [-0.1, -0.05) is 11.6 Å². The van der Waals surface area contributed by atoms with Crippen LogP contribution in [-0.2, 0) is 15.7 Å². The molecule has 0 atom stereocenters. The van der Waals surface area contributed by atoms with E-state index < -0.39 is 17.2 Å². The molecule has 0 bridgehead atoms. The van der Waals surface area contributed by atoms with Crippen LogP contribution in [0.2, 0.25) is 5.02 Å². The van der Waals surface area contributed by atoms with Crippen molar-refractivity contribution >= 4 is 17.5 Å². The van der Waals surface area contributed by atoms with Crippen LogP contribution in [0.1, 0.15) is 18.4 Å². The van der Waals surface area contributed by atoms with Crippen LogP contribution in [0.3, 0.4) is 0 Å². The molecule has 146 valence electrons. The van der Waals surface area contributed by atoms with Crippen LogP contribution in [-0.4, -0.2) is 50.8 Å². The van der Waals surface area contributed by atoms with Gasteiger partial charge in [-0.05, 0) is 32.0 Å². The first kappa shape index (κ1) is 20.7. The molecule has 1 aliphatic rings. The number of carbonyl (C=O) groups is 1. The summed E-state index contributed by atoms with van der Waals surface area (Å²) in [5, 5.41) is 5.74. The van der Waals surface area contributed by atoms with E-state index in [2.05, 4.69) is 15.6 Å². The second-order valence-corrected chi connectivity index (χ2v) is 6.48. The maximum Gasteiger partial charge on any atom is 0.417 e. The number of carbonyl (C=O) groups excluding carboxylic acids is 1. The zero-order chi connectivity index (χ0) is 19.2. The minimum atomic E-state index is -4.52. The van der Waals surface area contributed by atoms with Gasteiger partial charge in [0.25, 0.3) is 0 Å². The van der Waals surface area contributed by atoms with Crippen molar-refractivity contribution < 1.29 is 27.4 Å². The summed E-state index contributed by atoms with van der Waals surface area (Å²) in [4.78, 5) is 16.1. The fourth-order valence-corrected chi connectivity index (χ4v) is 3.03. The lowest BCUT2D eigenvalue weighted by molar-refractivity contribution is -0.138. The standard InChI is InChI=1S/C16H21ClF3N3O3/c1-25-10-15(2-4-21-5-3-15)14(24)22-6-7-26-13-12(17)8-11(9-23-13)16(18,19)20/h8-9,21H,2-7,10H2,1H3,(H,22,24). The summed E-state index contributed by atoms with van der Waals surface area (Å²) in [6.45, 7) is 2.01. The first-order chi connectivity index (χ1) is 12.3. The molecule has 1 aromatic rings. The third kappa shape index (κ3) is 5.21. The summed E-state index contributed by atoms with van der Waals surface area (Å²) in [5.41, 5.74) is -1.53. The van der Waals surface area contributed by atoms with Crippen LogP contribution in [0, 0.1) is 5.41 Å². The molecular weight excluding hydrogens is 375 g/mol. The zero-order valence-corrected chi connectivity index (χ0v) is 15.0. The maximum absolute atomic E-state index is 12.6. The van der Waals surface area contributed by atoms with Crippen molar-refractivity contribution in [2.24, 2.45) is 5.41 Å². The van der Waals surface area contributed by atoms with E-state index >= 15 is 0 Å². The van der Waals surface area contributed by atoms with Crippen LogP contribution in [0.4, 0.5) is 13.2 Å². The second-order valence-electron chi connectivity index (χ2n) is 6.08. The van der Waals surface area contributed by atoms with Crippen LogP contribution >= 0.6 is 11.6 Å². The van der Waals surface area contributed by atoms with Gasteiger partial charge in [-0.2, -0.15) is 13.2 Å². The van der Waals surface area contributed by atoms with Gasteiger partial charge in [-0.25, -0.2) is 4.98 Å². The number of halogens is 4. The molecule has 2 N–H and O–H groups in total. The predicted molar refractivity (Wildman–Crippen MR) is 89.2 cm³/mol. The number of ether oxygens (including phenoxy) is 2. The SMILES string of the molecule is COCC1(C(=O)NCCOc2ncc(C(F)(F)F)cc2Cl)CCNCC1. The van der Waals surface area contributed by atoms with Crippen molar-refractivity contribution in [3.63, 3.8) is 0 Å². The third-order valence-corrected chi connectivity index (χ3v) is 4.49. The quantitative estimate of drug-likeness (QED) is 0.693. The van der Waals surface area contributed by atoms with Crippen LogP contribution in [0.5, 0.6) is 5.88 Å². The van der Waals surface area contributed by atoms with Crippen molar-refractivity contribution in [3.8, 4) is 5.88 Å². The Morgan fingerprint density at radius 1 is 1.42 bits per heavy atom. The average molecular weight is 396 g/mol. The van der Waals surface area contributed by atoms with Crippen molar-refractivity contribution in [3.05, 3.63) is 22.8 Å². The number of amides is 1. The summed E-state index contributed by atoms with van der Waals surface area (Å²) < 4.78 is 48.2. The van der Waals surface area contributed by atoms with E-state index in [-0.39, 0.29) is 30.0 Å². The molecule has 0 unspecified atom stereocenters. The number of methoxy groups -OCH3 is 1. The van der Waals surface area contributed by atoms with Crippen LogP contribution in [0.15, 0.2) is 12.3 Å². The summed E-state index contributed by atoms with van der Waals surface area (Å²) in [6.07, 6.45) is -2.53. The lowest BCUT2D eigenvalue weighted by Crippen LogP contribution is -2.50. The summed E-state index contributed by atoms with van der Waals surface area (Å²) in [7, 11) is 1.55. The number of hydrogen-bond acceptors (Lipinski definition) is 5. The second kappa shape index (κ2) is 8.88. The van der Waals surface area contributed by atoms with E-state index in [1.54, 1.807) is 7.11 Å². The predicted octanol–water partition coefficient (Wildman–Crippen LogP) is 2.27. The molecule has 6 nitrogen and oxygen atoms in total. The summed E-state index contributed by atoms with van der Waals surface area (Å²) >= 11 is 5.76. The van der Waals surface area contributed by atoms with Gasteiger partial charge < -0.3 is 20.1 Å². The van der Waals surface area contributed by atoms with E-state index in [1.807, 2.05) is 0 Å². The Hall–Kier alpha value is -1.58. The normalized spacial score (nSPS) is 17.0. The highest BCUT2D eigenvalue weighted by Crippen LogP contribution is 2.33. The first-order valence-corrected chi connectivity index (χ1v) is 8.50. The van der Waals surface area contributed by atoms with Gasteiger partial charge in [0.1, 0.15) is 11.6 Å². The molecule has 1 amide bonds. The van der Waals surface area contributed by atoms with Gasteiger partial charge in [0, 0.05) is 13.3 Å². The zero-order valence-electron chi connectivity index (χ0n) is 14.3. The Morgan fingerprint density at radius 2 is 2.12 bits per heavy atom. The van der Waals surface area contributed by atoms with Gasteiger partial charge >= 0.3 is 6.18 Å². The first-order valence-electron chi connectivity index (χ1n) is 8.12. The monoisotopic (exact) mass is 395 g/mol. The highest BCUT2D eigenvalue weighted by atomic mass is 35.5. The number of alkyl halides is 3. The Kier molecular flexibility index (Phi) is 7.08. The lowest BCUT2D eigenvalue weighted by Gasteiger charge is -2.35. The average Bonchev–Trinajstić information content (AvgIpc) is 2.59. The smallest absolute Gasteiger partial charge is 0.417 e. The highest BCUT2D eigenvalue weighted by molar-refractivity contribution is 6.31. The molecule has 0 aromatic carbocycles. The minimum Gasteiger partial charge on any atom is -0.475 e. The van der Waals surface area contributed by atoms with Gasteiger partial charge in [0.05, 0.1) is 24.1 Å². The van der Waals surface area contributed by atoms with E-state index in [4.69, 9.17) is 21.1 Å². The van der Waals surface area contributed by atoms with Gasteiger partial charge in [0.15, 0.2) is 0 Å². The van der Waals surface area contributed by atoms with Crippen LogP contribution in [0.25, 0.3) is 0 Å². The fraction of sp³-hybridized carbons (Fsp3) is 0.625. The molecule has 1 aliphatic heterocycles. The molecule has 1 saturated heterocycles. The van der Waals surface area contributed by atoms with E-state index in [9.17, 15) is 18.0 Å². The molecule has 0 radical (unpaired) electrons. The Balaban J connectivity index is 1.85. The topological polar surface area (TPSA) is 72.5 Å². The molecule has 1 aromatic heterocycles. The molecule has 2 heterocycles. The summed E-state index contributed by atoms with van der Waals surface area (Å²) in [5.74, 6) is -0.238. The Morgan fingerprint density at radius 3 is 2.69 bits per heavy atom. The van der Waals surface area contributed by atoms with Gasteiger partial charge in [-0.3, -0.25) is 4.79 Å². The van der Waals surface area contributed by atoms with Gasteiger partial charge in [-0.15, -0.1) is 0 Å². The third-order valence-electron chi connectivity index (χ3n) is 4.22. The fourth-order valence-electron chi connectivity index (χ4n) is 2.80. The lowest BCUT2D eigenvalue weighted by atomic mass is 9.78. The number of rotatable bonds is 7. The number of nitrogens with zero attached hydrogens (tertiary/aromatic N) is 1.